The first-order chi connectivity index (χ1) is 23.0. The first-order valence-electron chi connectivity index (χ1n) is 15.7. The summed E-state index contributed by atoms with van der Waals surface area (Å²) >= 11 is 0. The van der Waals surface area contributed by atoms with Crippen molar-refractivity contribution in [2.45, 2.75) is 29.6 Å². The van der Waals surface area contributed by atoms with Crippen LogP contribution in [-0.4, -0.2) is 53.6 Å². The van der Waals surface area contributed by atoms with Gasteiger partial charge >= 0.3 is 5.97 Å². The summed E-state index contributed by atoms with van der Waals surface area (Å²) in [5.74, 6) is -2.10. The Bertz CT molecular complexity index is 1810. The van der Waals surface area contributed by atoms with Gasteiger partial charge in [0.25, 0.3) is 0 Å². The maximum atomic E-state index is 14.8. The number of carbonyl (C=O) groups excluding carboxylic acids is 3. The Balaban J connectivity index is 1.54. The number of carbonyl (C=O) groups is 3. The topological polar surface area (TPSA) is 117 Å². The van der Waals surface area contributed by atoms with Crippen LogP contribution in [0.1, 0.15) is 40.4 Å². The molecule has 3 aliphatic rings. The molecule has 0 saturated carbocycles. The van der Waals surface area contributed by atoms with Crippen LogP contribution in [-0.2, 0) is 24.5 Å². The van der Waals surface area contributed by atoms with Gasteiger partial charge in [-0.2, -0.15) is 0 Å². The van der Waals surface area contributed by atoms with Crippen LogP contribution in [0, 0.1) is 5.92 Å². The summed E-state index contributed by atoms with van der Waals surface area (Å²) in [6, 6.07) is 31.4. The van der Waals surface area contributed by atoms with Gasteiger partial charge in [-0.3, -0.25) is 19.3 Å². The molecule has 0 aromatic heterocycles. The van der Waals surface area contributed by atoms with Crippen molar-refractivity contribution in [1.82, 2.24) is 10.2 Å². The van der Waals surface area contributed by atoms with Crippen molar-refractivity contribution in [3.8, 4) is 5.75 Å². The third-order valence-electron chi connectivity index (χ3n) is 9.45. The van der Waals surface area contributed by atoms with Gasteiger partial charge in [0.05, 0.1) is 24.6 Å². The monoisotopic (exact) mass is 629 g/mol. The third-order valence-corrected chi connectivity index (χ3v) is 9.45. The van der Waals surface area contributed by atoms with Crippen molar-refractivity contribution in [3.05, 3.63) is 144 Å². The number of aliphatic hydroxyl groups excluding tert-OH is 1. The van der Waals surface area contributed by atoms with E-state index in [0.717, 1.165) is 11.1 Å². The molecule has 9 nitrogen and oxygen atoms in total. The average Bonchev–Trinajstić information content (AvgIpc) is 3.59. The number of anilines is 1. The summed E-state index contributed by atoms with van der Waals surface area (Å²) in [7, 11) is 0. The number of ether oxygens (including phenoxy) is 2. The lowest BCUT2D eigenvalue weighted by Gasteiger charge is -2.46. The summed E-state index contributed by atoms with van der Waals surface area (Å²) in [5, 5.41) is 15.5. The summed E-state index contributed by atoms with van der Waals surface area (Å²) in [5.41, 5.74) is 2.00. The molecule has 3 N–H and O–H groups in total. The lowest BCUT2D eigenvalue weighted by atomic mass is 9.65. The molecule has 0 unspecified atom stereocenters. The van der Waals surface area contributed by atoms with Crippen LogP contribution in [0.25, 0.3) is 0 Å². The Hall–Kier alpha value is -5.25. The normalized spacial score (nSPS) is 26.2. The van der Waals surface area contributed by atoms with Crippen LogP contribution in [0.3, 0.4) is 0 Å². The summed E-state index contributed by atoms with van der Waals surface area (Å²) in [6.07, 6.45) is 0.821. The molecule has 9 heteroatoms. The number of fused-ring (bicyclic) bond motifs is 3. The van der Waals surface area contributed by atoms with Crippen molar-refractivity contribution in [2.75, 3.05) is 25.1 Å². The second kappa shape index (κ2) is 12.5. The second-order valence-electron chi connectivity index (χ2n) is 11.9. The van der Waals surface area contributed by atoms with Gasteiger partial charge in [0, 0.05) is 12.2 Å². The molecule has 2 amide bonds. The minimum Gasteiger partial charge on any atom is -0.491 e. The maximum Gasteiger partial charge on any atom is 0.324 e. The minimum atomic E-state index is -1.54. The van der Waals surface area contributed by atoms with Crippen molar-refractivity contribution < 1.29 is 29.0 Å². The predicted octanol–water partition coefficient (Wildman–Crippen LogP) is 4.63. The molecule has 0 bridgehead atoms. The van der Waals surface area contributed by atoms with Crippen molar-refractivity contribution >= 4 is 23.5 Å². The molecule has 0 radical (unpaired) electrons. The zero-order valence-corrected chi connectivity index (χ0v) is 25.6. The van der Waals surface area contributed by atoms with Gasteiger partial charge in [0.2, 0.25) is 11.8 Å². The number of hydrogen-bond acceptors (Lipinski definition) is 7. The molecule has 3 heterocycles. The van der Waals surface area contributed by atoms with Crippen LogP contribution in [0.15, 0.2) is 122 Å². The summed E-state index contributed by atoms with van der Waals surface area (Å²) < 4.78 is 12.2. The van der Waals surface area contributed by atoms with Gasteiger partial charge in [-0.25, -0.2) is 0 Å². The number of benzene rings is 4. The summed E-state index contributed by atoms with van der Waals surface area (Å²) in [4.78, 5) is 45.8. The van der Waals surface area contributed by atoms with Crippen LogP contribution in [0.2, 0.25) is 0 Å². The standard InChI is InChI=1S/C38H35N3O6/c1-2-20-39-35(43)30-32-36(44)47-33(25-14-7-4-8-15-25)31(24-12-5-3-6-13-24)41(32)34(26-16-11-17-27(23-26)46-22-21-42)38(30)28-18-9-10-19-29(28)40-37(38)45/h2-19,23,30-34,42H,1,20-22H2,(H,39,43)(H,40,45)/t30-,31-,32-,33+,34+,38-/m1/s1. The summed E-state index contributed by atoms with van der Waals surface area (Å²) in [6.45, 7) is 3.82. The first-order valence-corrected chi connectivity index (χ1v) is 15.7. The SMILES string of the molecule is C=CCNC(=O)[C@H]1[C@@H]2C(=O)O[C@@H](c3ccccc3)[C@@H](c3ccccc3)N2[C@@H](c2cccc(OCCO)c2)[C@]12C(=O)Nc1ccccc12. The Morgan fingerprint density at radius 1 is 0.915 bits per heavy atom. The van der Waals surface area contributed by atoms with E-state index in [4.69, 9.17) is 9.47 Å². The van der Waals surface area contributed by atoms with E-state index >= 15 is 0 Å². The van der Waals surface area contributed by atoms with E-state index in [1.165, 1.54) is 0 Å². The Labute approximate surface area is 272 Å². The first kappa shape index (κ1) is 30.4. The third kappa shape index (κ3) is 4.90. The molecule has 238 valence electrons. The minimum absolute atomic E-state index is 0.0799. The van der Waals surface area contributed by atoms with Crippen LogP contribution < -0.4 is 15.4 Å². The fraction of sp³-hybridized carbons (Fsp3) is 0.237. The van der Waals surface area contributed by atoms with E-state index in [9.17, 15) is 19.5 Å². The van der Waals surface area contributed by atoms with Crippen LogP contribution in [0.4, 0.5) is 5.69 Å². The van der Waals surface area contributed by atoms with E-state index in [-0.39, 0.29) is 25.7 Å². The Kier molecular flexibility index (Phi) is 8.09. The molecule has 4 aromatic carbocycles. The number of esters is 1. The average molecular weight is 630 g/mol. The molecule has 7 rings (SSSR count). The molecule has 0 aliphatic carbocycles. The number of morpholine rings is 1. The highest BCUT2D eigenvalue weighted by Crippen LogP contribution is 2.64. The zero-order valence-electron chi connectivity index (χ0n) is 25.6. The van der Waals surface area contributed by atoms with E-state index in [1.807, 2.05) is 108 Å². The highest BCUT2D eigenvalue weighted by atomic mass is 16.6. The quantitative estimate of drug-likeness (QED) is 0.183. The number of para-hydroxylation sites is 1. The molecular weight excluding hydrogens is 594 g/mol. The number of aliphatic hydroxyl groups is 1. The van der Waals surface area contributed by atoms with E-state index in [1.54, 1.807) is 12.1 Å². The van der Waals surface area contributed by atoms with Gasteiger partial charge in [0.1, 0.15) is 29.9 Å². The van der Waals surface area contributed by atoms with E-state index in [2.05, 4.69) is 17.2 Å². The van der Waals surface area contributed by atoms with Gasteiger partial charge in [-0.1, -0.05) is 97.1 Å². The van der Waals surface area contributed by atoms with E-state index in [0.29, 0.717) is 22.6 Å². The van der Waals surface area contributed by atoms with Gasteiger partial charge in [0.15, 0.2) is 0 Å². The van der Waals surface area contributed by atoms with Crippen molar-refractivity contribution in [2.24, 2.45) is 5.92 Å². The number of cyclic esters (lactones) is 1. The maximum absolute atomic E-state index is 14.8. The van der Waals surface area contributed by atoms with Crippen LogP contribution >= 0.6 is 0 Å². The van der Waals surface area contributed by atoms with Crippen LogP contribution in [0.5, 0.6) is 5.75 Å². The predicted molar refractivity (Wildman–Crippen MR) is 175 cm³/mol. The number of nitrogens with one attached hydrogen (secondary N) is 2. The highest BCUT2D eigenvalue weighted by Gasteiger charge is 2.73. The second-order valence-corrected chi connectivity index (χ2v) is 11.9. The molecule has 6 atom stereocenters. The van der Waals surface area contributed by atoms with Gasteiger partial charge in [-0.05, 0) is 40.5 Å². The molecular formula is C38H35N3O6. The Morgan fingerprint density at radius 2 is 1.60 bits per heavy atom. The van der Waals surface area contributed by atoms with Gasteiger partial charge < -0.3 is 25.2 Å². The fourth-order valence-electron chi connectivity index (χ4n) is 7.77. The fourth-order valence-corrected chi connectivity index (χ4v) is 7.77. The number of hydrogen-bond donors (Lipinski definition) is 3. The molecule has 1 spiro atoms. The lowest BCUT2D eigenvalue weighted by molar-refractivity contribution is -0.178. The largest absolute Gasteiger partial charge is 0.491 e. The molecule has 4 aromatic rings. The Morgan fingerprint density at radius 3 is 2.32 bits per heavy atom. The highest BCUT2D eigenvalue weighted by molar-refractivity contribution is 6.12. The number of amides is 2. The lowest BCUT2D eigenvalue weighted by Crippen LogP contribution is -2.54. The van der Waals surface area contributed by atoms with Crippen molar-refractivity contribution in [1.29, 1.82) is 0 Å². The molecule has 47 heavy (non-hydrogen) atoms. The smallest absolute Gasteiger partial charge is 0.324 e. The molecule has 2 fully saturated rings. The number of rotatable bonds is 9. The van der Waals surface area contributed by atoms with Crippen molar-refractivity contribution in [3.63, 3.8) is 0 Å². The molecule has 3 aliphatic heterocycles. The van der Waals surface area contributed by atoms with Gasteiger partial charge in [-0.15, -0.1) is 6.58 Å². The zero-order chi connectivity index (χ0) is 32.5. The van der Waals surface area contributed by atoms with E-state index < -0.39 is 47.4 Å². The number of nitrogens with zero attached hydrogens (tertiary/aromatic N) is 1. The molecule has 2 saturated heterocycles.